The highest BCUT2D eigenvalue weighted by atomic mass is 16.5. The number of hydrogen-bond donors (Lipinski definition) is 4. The molecule has 8 heteroatoms. The van der Waals surface area contributed by atoms with Crippen molar-refractivity contribution in [2.24, 2.45) is 0 Å². The number of alkyl carbamates (subject to hydrolysis) is 1. The number of rotatable bonds is 7. The van der Waals surface area contributed by atoms with Gasteiger partial charge in [0.25, 0.3) is 5.91 Å². The molecule has 0 aromatic heterocycles. The number of hydrogen-bond acceptors (Lipinski definition) is 5. The van der Waals surface area contributed by atoms with Crippen LogP contribution in [-0.2, 0) is 20.9 Å². The zero-order valence-electron chi connectivity index (χ0n) is 11.1. The zero-order chi connectivity index (χ0) is 15.7. The monoisotopic (exact) mass is 296 g/mol. The Bertz CT molecular complexity index is 491. The zero-order valence-corrected chi connectivity index (χ0v) is 11.1. The topological polar surface area (TPSA) is 125 Å². The van der Waals surface area contributed by atoms with Gasteiger partial charge in [0.15, 0.2) is 0 Å². The molecule has 4 N–H and O–H groups in total. The second-order valence-corrected chi connectivity index (χ2v) is 4.17. The van der Waals surface area contributed by atoms with Crippen LogP contribution in [-0.4, -0.2) is 34.3 Å². The van der Waals surface area contributed by atoms with Crippen LogP contribution in [0, 0.1) is 0 Å². The number of carboxylic acids is 1. The predicted molar refractivity (Wildman–Crippen MR) is 70.3 cm³/mol. The van der Waals surface area contributed by atoms with E-state index in [0.717, 1.165) is 5.56 Å². The Labute approximate surface area is 120 Å². The van der Waals surface area contributed by atoms with Crippen LogP contribution >= 0.6 is 0 Å². The Morgan fingerprint density at radius 1 is 1.19 bits per heavy atom. The Hall–Kier alpha value is -2.61. The summed E-state index contributed by atoms with van der Waals surface area (Å²) in [5.74, 6) is -2.03. The molecule has 114 valence electrons. The molecule has 0 radical (unpaired) electrons. The van der Waals surface area contributed by atoms with Gasteiger partial charge in [-0.25, -0.2) is 10.3 Å². The number of carbonyl (C=O) groups excluding carboxylic acids is 2. The third-order valence-electron chi connectivity index (χ3n) is 2.58. The first-order chi connectivity index (χ1) is 10.0. The van der Waals surface area contributed by atoms with Gasteiger partial charge < -0.3 is 15.2 Å². The fourth-order valence-corrected chi connectivity index (χ4v) is 1.52. The fourth-order valence-electron chi connectivity index (χ4n) is 1.52. The molecule has 0 fully saturated rings. The van der Waals surface area contributed by atoms with E-state index in [1.165, 1.54) is 5.48 Å². The number of benzene rings is 1. The molecule has 0 unspecified atom stereocenters. The molecule has 0 saturated heterocycles. The molecule has 0 spiro atoms. The van der Waals surface area contributed by atoms with Gasteiger partial charge in [0, 0.05) is 6.42 Å². The number of ether oxygens (including phenoxy) is 1. The molecule has 21 heavy (non-hydrogen) atoms. The predicted octanol–water partition coefficient (Wildman–Crippen LogP) is 0.652. The summed E-state index contributed by atoms with van der Waals surface area (Å²) in [6.07, 6.45) is -1.38. The van der Waals surface area contributed by atoms with E-state index in [-0.39, 0.29) is 19.4 Å². The highest BCUT2D eigenvalue weighted by molar-refractivity contribution is 5.85. The molecule has 0 aliphatic heterocycles. The van der Waals surface area contributed by atoms with Gasteiger partial charge in [0.1, 0.15) is 12.6 Å². The van der Waals surface area contributed by atoms with Crippen LogP contribution in [0.15, 0.2) is 30.3 Å². The lowest BCUT2D eigenvalue weighted by Crippen LogP contribution is -2.46. The molecule has 0 saturated carbocycles. The Morgan fingerprint density at radius 2 is 1.86 bits per heavy atom. The molecule has 0 aliphatic rings. The quantitative estimate of drug-likeness (QED) is 0.432. The van der Waals surface area contributed by atoms with E-state index in [4.69, 9.17) is 15.1 Å². The molecule has 8 nitrogen and oxygen atoms in total. The molecule has 1 aromatic rings. The number of amides is 2. The molecule has 2 amide bonds. The van der Waals surface area contributed by atoms with Gasteiger partial charge in [-0.1, -0.05) is 30.3 Å². The lowest BCUT2D eigenvalue weighted by molar-refractivity contribution is -0.137. The Morgan fingerprint density at radius 3 is 2.43 bits per heavy atom. The molecule has 1 rings (SSSR count). The maximum absolute atomic E-state index is 11.5. The summed E-state index contributed by atoms with van der Waals surface area (Å²) in [4.78, 5) is 33.3. The van der Waals surface area contributed by atoms with Crippen LogP contribution in [0.2, 0.25) is 0 Å². The van der Waals surface area contributed by atoms with Crippen molar-refractivity contribution in [1.29, 1.82) is 0 Å². The average Bonchev–Trinajstić information content (AvgIpc) is 2.49. The first-order valence-electron chi connectivity index (χ1n) is 6.16. The van der Waals surface area contributed by atoms with Gasteiger partial charge in [0.2, 0.25) is 0 Å². The third-order valence-corrected chi connectivity index (χ3v) is 2.58. The van der Waals surface area contributed by atoms with Gasteiger partial charge in [-0.2, -0.15) is 0 Å². The van der Waals surface area contributed by atoms with Crippen LogP contribution in [0.1, 0.15) is 18.4 Å². The molecular weight excluding hydrogens is 280 g/mol. The maximum atomic E-state index is 11.5. The highest BCUT2D eigenvalue weighted by Gasteiger charge is 2.22. The van der Waals surface area contributed by atoms with E-state index in [2.05, 4.69) is 5.32 Å². The lowest BCUT2D eigenvalue weighted by atomic mass is 10.1. The van der Waals surface area contributed by atoms with Crippen LogP contribution in [0.3, 0.4) is 0 Å². The summed E-state index contributed by atoms with van der Waals surface area (Å²) >= 11 is 0. The lowest BCUT2D eigenvalue weighted by Gasteiger charge is -2.15. The number of carbonyl (C=O) groups is 3. The Kier molecular flexibility index (Phi) is 6.69. The first kappa shape index (κ1) is 16.4. The summed E-state index contributed by atoms with van der Waals surface area (Å²) < 4.78 is 4.90. The van der Waals surface area contributed by atoms with Crippen molar-refractivity contribution in [2.45, 2.75) is 25.5 Å². The van der Waals surface area contributed by atoms with Gasteiger partial charge in [-0.05, 0) is 12.0 Å². The van der Waals surface area contributed by atoms with E-state index < -0.39 is 24.0 Å². The van der Waals surface area contributed by atoms with Crippen LogP contribution < -0.4 is 10.8 Å². The second kappa shape index (κ2) is 8.54. The van der Waals surface area contributed by atoms with Crippen molar-refractivity contribution in [3.63, 3.8) is 0 Å². The third kappa shape index (κ3) is 6.39. The smallest absolute Gasteiger partial charge is 0.408 e. The number of carboxylic acid groups (broad SMARTS) is 1. The molecule has 0 heterocycles. The van der Waals surface area contributed by atoms with Crippen molar-refractivity contribution in [1.82, 2.24) is 10.8 Å². The minimum Gasteiger partial charge on any atom is -0.481 e. The molecular formula is C13H16N2O6. The summed E-state index contributed by atoms with van der Waals surface area (Å²) in [7, 11) is 0. The summed E-state index contributed by atoms with van der Waals surface area (Å²) in [6, 6.07) is 7.72. The maximum Gasteiger partial charge on any atom is 0.408 e. The number of aliphatic carboxylic acids is 1. The van der Waals surface area contributed by atoms with Crippen molar-refractivity contribution in [3.05, 3.63) is 35.9 Å². The van der Waals surface area contributed by atoms with Gasteiger partial charge in [-0.3, -0.25) is 14.8 Å². The summed E-state index contributed by atoms with van der Waals surface area (Å²) in [5.41, 5.74) is 2.13. The number of nitrogens with one attached hydrogen (secondary N) is 2. The van der Waals surface area contributed by atoms with E-state index in [1.54, 1.807) is 24.3 Å². The van der Waals surface area contributed by atoms with Crippen molar-refractivity contribution >= 4 is 18.0 Å². The first-order valence-corrected chi connectivity index (χ1v) is 6.16. The Balaban J connectivity index is 2.47. The van der Waals surface area contributed by atoms with Gasteiger partial charge in [-0.15, -0.1) is 0 Å². The van der Waals surface area contributed by atoms with Gasteiger partial charge in [0.05, 0.1) is 0 Å². The number of hydroxylamine groups is 1. The second-order valence-electron chi connectivity index (χ2n) is 4.17. The average molecular weight is 296 g/mol. The highest BCUT2D eigenvalue weighted by Crippen LogP contribution is 2.02. The molecule has 0 aliphatic carbocycles. The van der Waals surface area contributed by atoms with Crippen molar-refractivity contribution in [2.75, 3.05) is 0 Å². The minimum absolute atomic E-state index is 0.0130. The summed E-state index contributed by atoms with van der Waals surface area (Å²) in [6.45, 7) is 0.0130. The van der Waals surface area contributed by atoms with E-state index in [1.807, 2.05) is 6.07 Å². The van der Waals surface area contributed by atoms with Gasteiger partial charge >= 0.3 is 12.1 Å². The van der Waals surface area contributed by atoms with Crippen LogP contribution in [0.25, 0.3) is 0 Å². The standard InChI is InChI=1S/C13H16N2O6/c16-11(17)7-6-10(12(18)15-20)14-13(19)21-8-9-4-2-1-3-5-9/h1-5,10,20H,6-8H2,(H,14,19)(H,15,18)(H,16,17)/t10-/m0/s1. The van der Waals surface area contributed by atoms with E-state index in [9.17, 15) is 14.4 Å². The van der Waals surface area contributed by atoms with Crippen molar-refractivity contribution < 1.29 is 29.4 Å². The summed E-state index contributed by atoms with van der Waals surface area (Å²) in [5, 5.41) is 19.3. The largest absolute Gasteiger partial charge is 0.481 e. The van der Waals surface area contributed by atoms with E-state index >= 15 is 0 Å². The van der Waals surface area contributed by atoms with Crippen LogP contribution in [0.4, 0.5) is 4.79 Å². The molecule has 1 aromatic carbocycles. The fraction of sp³-hybridized carbons (Fsp3) is 0.308. The molecule has 1 atom stereocenters. The SMILES string of the molecule is O=C(O)CC[C@H](NC(=O)OCc1ccccc1)C(=O)NO. The van der Waals surface area contributed by atoms with Crippen molar-refractivity contribution in [3.8, 4) is 0 Å². The molecule has 0 bridgehead atoms. The van der Waals surface area contributed by atoms with E-state index in [0.29, 0.717) is 0 Å². The normalized spacial score (nSPS) is 11.3. The van der Waals surface area contributed by atoms with Crippen LogP contribution in [0.5, 0.6) is 0 Å². The minimum atomic E-state index is -1.19.